The molecule has 1 aliphatic heterocycles. The lowest BCUT2D eigenvalue weighted by atomic mass is 9.89. The Morgan fingerprint density at radius 2 is 1.04 bits per heavy atom. The van der Waals surface area contributed by atoms with E-state index in [1.54, 1.807) is 0 Å². The van der Waals surface area contributed by atoms with Gasteiger partial charge in [0.2, 0.25) is 0 Å². The van der Waals surface area contributed by atoms with Gasteiger partial charge in [-0.1, -0.05) is 133 Å². The van der Waals surface area contributed by atoms with Gasteiger partial charge in [-0.25, -0.2) is 0 Å². The molecule has 1 N–H and O–H groups in total. The Balaban J connectivity index is 1.28. The number of ether oxygens (including phenoxy) is 5. The molecule has 1 aliphatic rings. The summed E-state index contributed by atoms with van der Waals surface area (Å²) in [7, 11) is 0. The van der Waals surface area contributed by atoms with Gasteiger partial charge in [-0.15, -0.1) is 0 Å². The monoisotopic (exact) mass is 667 g/mol. The molecule has 0 spiro atoms. The van der Waals surface area contributed by atoms with Gasteiger partial charge in [0.25, 0.3) is 0 Å². The molecule has 6 aromatic rings. The normalized spacial score (nSPS) is 20.6. The van der Waals surface area contributed by atoms with Crippen LogP contribution in [0.1, 0.15) is 45.0 Å². The number of hydrogen-bond donors (Lipinski definition) is 1. The summed E-state index contributed by atoms with van der Waals surface area (Å²) in [5.41, 5.74) is 8.84. The van der Waals surface area contributed by atoms with E-state index in [0.717, 1.165) is 38.7 Å². The van der Waals surface area contributed by atoms with Gasteiger partial charge >= 0.3 is 0 Å². The summed E-state index contributed by atoms with van der Waals surface area (Å²) < 4.78 is 34.3. The molecule has 256 valence electrons. The SMILES string of the molecule is Cc1cc(C)c2[nH]cc([C@@H]3O[C@H](COCc4ccccc4)[C@@H](OCc4ccccc4)[C@H](OCc4ccccc4)[C@H]3OCc3ccccc3)c2c1. The van der Waals surface area contributed by atoms with Gasteiger partial charge in [0, 0.05) is 22.7 Å². The van der Waals surface area contributed by atoms with E-state index in [1.807, 2.05) is 72.8 Å². The molecule has 2 heterocycles. The highest BCUT2D eigenvalue weighted by Gasteiger charge is 2.49. The van der Waals surface area contributed by atoms with Crippen LogP contribution in [0.3, 0.4) is 0 Å². The molecule has 5 aromatic carbocycles. The van der Waals surface area contributed by atoms with E-state index >= 15 is 0 Å². The van der Waals surface area contributed by atoms with Crippen molar-refractivity contribution in [3.05, 3.63) is 179 Å². The molecule has 0 aliphatic carbocycles. The van der Waals surface area contributed by atoms with Gasteiger partial charge < -0.3 is 28.7 Å². The van der Waals surface area contributed by atoms with E-state index in [2.05, 4.69) is 85.7 Å². The predicted molar refractivity (Wildman–Crippen MR) is 197 cm³/mol. The highest BCUT2D eigenvalue weighted by atomic mass is 16.6. The van der Waals surface area contributed by atoms with Crippen LogP contribution in [0.2, 0.25) is 0 Å². The van der Waals surface area contributed by atoms with E-state index in [4.69, 9.17) is 23.7 Å². The van der Waals surface area contributed by atoms with Gasteiger partial charge in [0.15, 0.2) is 0 Å². The van der Waals surface area contributed by atoms with Crippen molar-refractivity contribution in [3.8, 4) is 0 Å². The summed E-state index contributed by atoms with van der Waals surface area (Å²) in [4.78, 5) is 3.55. The molecule has 1 aromatic heterocycles. The molecule has 0 amide bonds. The van der Waals surface area contributed by atoms with Crippen LogP contribution in [0.5, 0.6) is 0 Å². The van der Waals surface area contributed by atoms with E-state index in [0.29, 0.717) is 33.0 Å². The van der Waals surface area contributed by atoms with E-state index in [9.17, 15) is 0 Å². The fourth-order valence-electron chi connectivity index (χ4n) is 6.89. The van der Waals surface area contributed by atoms with Crippen LogP contribution in [0.25, 0.3) is 10.9 Å². The number of aromatic amines is 1. The topological polar surface area (TPSA) is 61.9 Å². The molecule has 6 nitrogen and oxygen atoms in total. The Hall–Kier alpha value is -4.56. The van der Waals surface area contributed by atoms with Crippen molar-refractivity contribution in [1.29, 1.82) is 0 Å². The summed E-state index contributed by atoms with van der Waals surface area (Å²) in [6.07, 6.45) is -0.299. The average Bonchev–Trinajstić information content (AvgIpc) is 3.58. The highest BCUT2D eigenvalue weighted by Crippen LogP contribution is 2.41. The molecule has 0 radical (unpaired) electrons. The predicted octanol–water partition coefficient (Wildman–Crippen LogP) is 9.20. The first-order chi connectivity index (χ1) is 24.6. The molecule has 0 bridgehead atoms. The minimum absolute atomic E-state index is 0.321. The lowest BCUT2D eigenvalue weighted by Crippen LogP contribution is -2.58. The van der Waals surface area contributed by atoms with Crippen LogP contribution in [-0.2, 0) is 50.1 Å². The molecule has 0 unspecified atom stereocenters. The summed E-state index contributed by atoms with van der Waals surface area (Å²) in [5.74, 6) is 0. The minimum Gasteiger partial charge on any atom is -0.374 e. The quantitative estimate of drug-likeness (QED) is 0.126. The third kappa shape index (κ3) is 8.24. The number of aryl methyl sites for hydroxylation is 2. The number of benzene rings is 5. The van der Waals surface area contributed by atoms with Crippen LogP contribution < -0.4 is 0 Å². The zero-order valence-electron chi connectivity index (χ0n) is 28.7. The van der Waals surface area contributed by atoms with Crippen LogP contribution >= 0.6 is 0 Å². The first kappa shape index (κ1) is 33.9. The smallest absolute Gasteiger partial charge is 0.117 e. The van der Waals surface area contributed by atoms with Gasteiger partial charge in [0.1, 0.15) is 30.5 Å². The average molecular weight is 668 g/mol. The van der Waals surface area contributed by atoms with Gasteiger partial charge in [0.05, 0.1) is 33.0 Å². The molecule has 0 saturated carbocycles. The molecule has 5 atom stereocenters. The van der Waals surface area contributed by atoms with Crippen LogP contribution in [0, 0.1) is 13.8 Å². The molecule has 50 heavy (non-hydrogen) atoms. The number of fused-ring (bicyclic) bond motifs is 1. The number of aromatic nitrogens is 1. The maximum absolute atomic E-state index is 7.17. The minimum atomic E-state index is -0.495. The van der Waals surface area contributed by atoms with Crippen molar-refractivity contribution in [2.75, 3.05) is 6.61 Å². The molecule has 1 saturated heterocycles. The maximum atomic E-state index is 7.17. The second-order valence-corrected chi connectivity index (χ2v) is 13.1. The fraction of sp³-hybridized carbons (Fsp3) is 0.273. The fourth-order valence-corrected chi connectivity index (χ4v) is 6.89. The molecule has 6 heteroatoms. The van der Waals surface area contributed by atoms with Gasteiger partial charge in [-0.2, -0.15) is 0 Å². The number of rotatable bonds is 14. The zero-order chi connectivity index (χ0) is 34.1. The Bertz CT molecular complexity index is 1910. The number of nitrogens with one attached hydrogen (secondary N) is 1. The van der Waals surface area contributed by atoms with Crippen molar-refractivity contribution >= 4 is 10.9 Å². The summed E-state index contributed by atoms with van der Waals surface area (Å²) in [6.45, 7) is 6.26. The summed E-state index contributed by atoms with van der Waals surface area (Å²) >= 11 is 0. The van der Waals surface area contributed by atoms with Crippen molar-refractivity contribution in [2.24, 2.45) is 0 Å². The van der Waals surface area contributed by atoms with Crippen LogP contribution in [0.4, 0.5) is 0 Å². The first-order valence-corrected chi connectivity index (χ1v) is 17.4. The Morgan fingerprint density at radius 1 is 0.560 bits per heavy atom. The van der Waals surface area contributed by atoms with Crippen molar-refractivity contribution < 1.29 is 23.7 Å². The third-order valence-electron chi connectivity index (χ3n) is 9.35. The van der Waals surface area contributed by atoms with Gasteiger partial charge in [-0.05, 0) is 47.7 Å². The van der Waals surface area contributed by atoms with E-state index in [1.165, 1.54) is 11.1 Å². The zero-order valence-corrected chi connectivity index (χ0v) is 28.7. The van der Waals surface area contributed by atoms with E-state index < -0.39 is 30.5 Å². The third-order valence-corrected chi connectivity index (χ3v) is 9.35. The van der Waals surface area contributed by atoms with Crippen molar-refractivity contribution in [2.45, 2.75) is 70.8 Å². The lowest BCUT2D eigenvalue weighted by Gasteiger charge is -2.46. The molecular weight excluding hydrogens is 622 g/mol. The van der Waals surface area contributed by atoms with Gasteiger partial charge in [-0.3, -0.25) is 0 Å². The summed E-state index contributed by atoms with van der Waals surface area (Å²) in [5, 5.41) is 1.12. The van der Waals surface area contributed by atoms with Crippen molar-refractivity contribution in [3.63, 3.8) is 0 Å². The first-order valence-electron chi connectivity index (χ1n) is 17.4. The molecule has 7 rings (SSSR count). The van der Waals surface area contributed by atoms with Crippen LogP contribution in [0.15, 0.2) is 140 Å². The highest BCUT2D eigenvalue weighted by molar-refractivity contribution is 5.87. The maximum Gasteiger partial charge on any atom is 0.117 e. The molecule has 1 fully saturated rings. The Kier molecular flexibility index (Phi) is 11.1. The molecular formula is C44H45NO5. The lowest BCUT2D eigenvalue weighted by molar-refractivity contribution is -0.274. The summed E-state index contributed by atoms with van der Waals surface area (Å²) in [6, 6.07) is 45.4. The second kappa shape index (κ2) is 16.4. The largest absolute Gasteiger partial charge is 0.374 e. The Morgan fingerprint density at radius 3 is 1.58 bits per heavy atom. The number of H-pyrrole nitrogens is 1. The Labute approximate surface area is 294 Å². The second-order valence-electron chi connectivity index (χ2n) is 13.1. The standard InChI is InChI=1S/C44H45NO5/c1-31-23-32(2)40-37(24-31)38(25-45-40)41-43(48-28-35-19-11-5-12-20-35)44(49-29-36-21-13-6-14-22-36)42(47-27-34-17-9-4-10-18-34)39(50-41)30-46-26-33-15-7-3-8-16-33/h3-25,39,41-45H,26-30H2,1-2H3/t39-,41+,42-,43+,44+/m1/s1. The number of hydrogen-bond acceptors (Lipinski definition) is 5. The van der Waals surface area contributed by atoms with E-state index in [-0.39, 0.29) is 0 Å². The van der Waals surface area contributed by atoms with Crippen molar-refractivity contribution in [1.82, 2.24) is 4.98 Å². The van der Waals surface area contributed by atoms with Crippen LogP contribution in [-0.4, -0.2) is 36.0 Å².